The van der Waals surface area contributed by atoms with Gasteiger partial charge in [0.05, 0.1) is 11.8 Å². The summed E-state index contributed by atoms with van der Waals surface area (Å²) >= 11 is 0. The molecular weight excluding hydrogens is 318 g/mol. The standard InChI is InChI=1S/C18H27NO2Si2/c1-18(2,10-13-22(3,4)5)21-15-23(6,7)12-9-16-14-19-11-8-17(16)20/h8,11,14H,15H2,1-7H3,(H,19,20). The fourth-order valence-corrected chi connectivity index (χ4v) is 3.46. The van der Waals surface area contributed by atoms with Crippen molar-refractivity contribution in [3.05, 3.63) is 34.2 Å². The van der Waals surface area contributed by atoms with E-state index in [4.69, 9.17) is 4.74 Å². The van der Waals surface area contributed by atoms with E-state index in [1.54, 1.807) is 12.4 Å². The van der Waals surface area contributed by atoms with Crippen LogP contribution in [0, 0.1) is 22.9 Å². The molecule has 1 aromatic rings. The van der Waals surface area contributed by atoms with Crippen molar-refractivity contribution in [2.24, 2.45) is 0 Å². The van der Waals surface area contributed by atoms with Crippen molar-refractivity contribution in [1.29, 1.82) is 0 Å². The summed E-state index contributed by atoms with van der Waals surface area (Å²) in [6.45, 7) is 14.9. The summed E-state index contributed by atoms with van der Waals surface area (Å²) in [4.78, 5) is 14.6. The number of nitrogens with one attached hydrogen (secondary N) is 1. The van der Waals surface area contributed by atoms with Gasteiger partial charge in [-0.3, -0.25) is 4.79 Å². The highest BCUT2D eigenvalue weighted by Crippen LogP contribution is 2.12. The molecule has 0 radical (unpaired) electrons. The topological polar surface area (TPSA) is 42.1 Å². The Bertz CT molecular complexity index is 719. The molecular formula is C18H27NO2Si2. The number of ether oxygens (including phenoxy) is 1. The van der Waals surface area contributed by atoms with Crippen molar-refractivity contribution in [1.82, 2.24) is 4.98 Å². The van der Waals surface area contributed by atoms with Gasteiger partial charge in [0.1, 0.15) is 13.7 Å². The first-order valence-electron chi connectivity index (χ1n) is 7.79. The van der Waals surface area contributed by atoms with Crippen molar-refractivity contribution in [3.63, 3.8) is 0 Å². The quantitative estimate of drug-likeness (QED) is 0.675. The lowest BCUT2D eigenvalue weighted by molar-refractivity contribution is 0.0555. The third kappa shape index (κ3) is 8.04. The molecule has 1 N–H and O–H groups in total. The maximum Gasteiger partial charge on any atom is 0.197 e. The monoisotopic (exact) mass is 345 g/mol. The Morgan fingerprint density at radius 2 is 1.83 bits per heavy atom. The van der Waals surface area contributed by atoms with Crippen LogP contribution in [0.4, 0.5) is 0 Å². The second-order valence-corrected chi connectivity index (χ2v) is 16.9. The molecule has 0 aliphatic carbocycles. The minimum Gasteiger partial charge on any atom is -0.366 e. The second-order valence-electron chi connectivity index (χ2n) is 7.86. The highest BCUT2D eigenvalue weighted by Gasteiger charge is 2.24. The lowest BCUT2D eigenvalue weighted by Gasteiger charge is -2.24. The van der Waals surface area contributed by atoms with Gasteiger partial charge >= 0.3 is 0 Å². The Balaban J connectivity index is 2.78. The summed E-state index contributed by atoms with van der Waals surface area (Å²) in [7, 11) is -3.29. The van der Waals surface area contributed by atoms with Gasteiger partial charge in [0.15, 0.2) is 13.5 Å². The minimum absolute atomic E-state index is 0.0525. The van der Waals surface area contributed by atoms with Crippen LogP contribution in [0.1, 0.15) is 19.4 Å². The van der Waals surface area contributed by atoms with Crippen LogP contribution in [0.3, 0.4) is 0 Å². The maximum atomic E-state index is 11.7. The Morgan fingerprint density at radius 1 is 1.17 bits per heavy atom. The number of pyridine rings is 1. The zero-order valence-electron chi connectivity index (χ0n) is 15.3. The number of hydrogen-bond donors (Lipinski definition) is 1. The van der Waals surface area contributed by atoms with Crippen molar-refractivity contribution < 1.29 is 4.74 Å². The predicted molar refractivity (Wildman–Crippen MR) is 103 cm³/mol. The molecule has 23 heavy (non-hydrogen) atoms. The van der Waals surface area contributed by atoms with Crippen LogP contribution in [-0.2, 0) is 4.74 Å². The third-order valence-electron chi connectivity index (χ3n) is 2.89. The summed E-state index contributed by atoms with van der Waals surface area (Å²) in [6, 6.07) is 1.49. The van der Waals surface area contributed by atoms with E-state index in [1.807, 2.05) is 13.8 Å². The van der Waals surface area contributed by atoms with Crippen molar-refractivity contribution >= 4 is 16.1 Å². The van der Waals surface area contributed by atoms with Gasteiger partial charge in [0.25, 0.3) is 0 Å². The largest absolute Gasteiger partial charge is 0.366 e. The molecule has 124 valence electrons. The summed E-state index contributed by atoms with van der Waals surface area (Å²) in [5.41, 5.74) is 6.62. The molecule has 5 heteroatoms. The van der Waals surface area contributed by atoms with E-state index in [0.29, 0.717) is 11.8 Å². The molecule has 0 saturated heterocycles. The fourth-order valence-electron chi connectivity index (χ4n) is 1.52. The molecule has 0 amide bonds. The smallest absolute Gasteiger partial charge is 0.197 e. The average molecular weight is 346 g/mol. The molecule has 3 nitrogen and oxygen atoms in total. The first-order valence-corrected chi connectivity index (χ1v) is 14.5. The molecule has 0 aliphatic heterocycles. The Labute approximate surface area is 141 Å². The van der Waals surface area contributed by atoms with Gasteiger partial charge in [-0.15, -0.1) is 11.1 Å². The van der Waals surface area contributed by atoms with E-state index >= 15 is 0 Å². The number of rotatable bonds is 3. The molecule has 0 aliphatic rings. The zero-order chi connectivity index (χ0) is 17.7. The maximum absolute atomic E-state index is 11.7. The summed E-state index contributed by atoms with van der Waals surface area (Å²) in [5.74, 6) is 6.27. The molecule has 1 aromatic heterocycles. The van der Waals surface area contributed by atoms with Gasteiger partial charge < -0.3 is 9.72 Å². The highest BCUT2D eigenvalue weighted by atomic mass is 28.3. The lowest BCUT2D eigenvalue weighted by Crippen LogP contribution is -2.37. The summed E-state index contributed by atoms with van der Waals surface area (Å²) < 4.78 is 6.03. The average Bonchev–Trinajstić information content (AvgIpc) is 2.42. The van der Waals surface area contributed by atoms with Crippen molar-refractivity contribution in [3.8, 4) is 22.9 Å². The van der Waals surface area contributed by atoms with Gasteiger partial charge in [-0.25, -0.2) is 0 Å². The van der Waals surface area contributed by atoms with E-state index in [-0.39, 0.29) is 5.43 Å². The Kier molecular flexibility index (Phi) is 6.24. The molecule has 0 atom stereocenters. The molecule has 0 unspecified atom stereocenters. The van der Waals surface area contributed by atoms with Crippen LogP contribution < -0.4 is 5.43 Å². The number of H-pyrrole nitrogens is 1. The first-order chi connectivity index (χ1) is 10.4. The summed E-state index contributed by atoms with van der Waals surface area (Å²) in [5, 5.41) is 0. The number of aromatic amines is 1. The SMILES string of the molecule is CC(C)(C#C[Si](C)(C)C)OC[Si](C)(C)C#Cc1c[nH]ccc1=O. The van der Waals surface area contributed by atoms with E-state index < -0.39 is 21.7 Å². The van der Waals surface area contributed by atoms with Gasteiger partial charge in [0, 0.05) is 18.5 Å². The molecule has 0 aromatic carbocycles. The van der Waals surface area contributed by atoms with Gasteiger partial charge in [-0.1, -0.05) is 44.6 Å². The number of aromatic nitrogens is 1. The normalized spacial score (nSPS) is 12.0. The summed E-state index contributed by atoms with van der Waals surface area (Å²) in [6.07, 6.45) is 3.85. The van der Waals surface area contributed by atoms with Crippen molar-refractivity contribution in [2.75, 3.05) is 6.23 Å². The van der Waals surface area contributed by atoms with Crippen LogP contribution in [0.5, 0.6) is 0 Å². The molecule has 1 rings (SSSR count). The molecule has 1 heterocycles. The molecule has 0 bridgehead atoms. The lowest BCUT2D eigenvalue weighted by atomic mass is 10.2. The van der Waals surface area contributed by atoms with Crippen LogP contribution in [0.25, 0.3) is 0 Å². The fraction of sp³-hybridized carbons (Fsp3) is 0.500. The van der Waals surface area contributed by atoms with E-state index in [2.05, 4.69) is 60.6 Å². The molecule has 0 saturated carbocycles. The Hall–Kier alpha value is -1.54. The Morgan fingerprint density at radius 3 is 2.39 bits per heavy atom. The van der Waals surface area contributed by atoms with Crippen molar-refractivity contribution in [2.45, 2.75) is 52.2 Å². The third-order valence-corrected chi connectivity index (χ3v) is 5.43. The van der Waals surface area contributed by atoms with E-state index in [9.17, 15) is 4.79 Å². The molecule has 0 fully saturated rings. The van der Waals surface area contributed by atoms with Crippen LogP contribution in [0.15, 0.2) is 23.3 Å². The van der Waals surface area contributed by atoms with Crippen LogP contribution in [0.2, 0.25) is 32.7 Å². The van der Waals surface area contributed by atoms with E-state index in [0.717, 1.165) is 0 Å². The van der Waals surface area contributed by atoms with Gasteiger partial charge in [-0.05, 0) is 13.8 Å². The van der Waals surface area contributed by atoms with Gasteiger partial charge in [-0.2, -0.15) is 0 Å². The minimum atomic E-state index is -1.89. The van der Waals surface area contributed by atoms with E-state index in [1.165, 1.54) is 6.07 Å². The number of hydrogen-bond acceptors (Lipinski definition) is 2. The van der Waals surface area contributed by atoms with Crippen LogP contribution in [-0.4, -0.2) is 33.0 Å². The predicted octanol–water partition coefficient (Wildman–Crippen LogP) is 3.19. The van der Waals surface area contributed by atoms with Crippen LogP contribution >= 0.6 is 0 Å². The zero-order valence-corrected chi connectivity index (χ0v) is 17.3. The highest BCUT2D eigenvalue weighted by molar-refractivity contribution is 6.85. The molecule has 0 spiro atoms. The van der Waals surface area contributed by atoms with Gasteiger partial charge in [0.2, 0.25) is 0 Å². The second kappa shape index (κ2) is 7.36. The first kappa shape index (κ1) is 19.5.